The predicted molar refractivity (Wildman–Crippen MR) is 84.5 cm³/mol. The van der Waals surface area contributed by atoms with Crippen LogP contribution in [0.4, 0.5) is 5.69 Å². The normalized spacial score (nSPS) is 10.0. The summed E-state index contributed by atoms with van der Waals surface area (Å²) in [5.74, 6) is 0.939. The molecular weight excluding hydrogens is 282 g/mol. The number of hydrogen-bond donors (Lipinski definition) is 2. The summed E-state index contributed by atoms with van der Waals surface area (Å²) in [6.45, 7) is 2.52. The first-order valence-corrected chi connectivity index (χ1v) is 7.12. The molecule has 5 heteroatoms. The van der Waals surface area contributed by atoms with E-state index in [1.807, 2.05) is 13.0 Å². The fourth-order valence-corrected chi connectivity index (χ4v) is 1.79. The van der Waals surface area contributed by atoms with Gasteiger partial charge in [-0.05, 0) is 30.7 Å². The number of aromatic hydroxyl groups is 1. The molecule has 1 amide bonds. The molecule has 2 rings (SSSR count). The van der Waals surface area contributed by atoms with Crippen molar-refractivity contribution >= 4 is 11.6 Å². The second-order valence-electron chi connectivity index (χ2n) is 4.68. The Kier molecular flexibility index (Phi) is 5.65. The molecule has 0 aromatic heterocycles. The van der Waals surface area contributed by atoms with Gasteiger partial charge in [-0.2, -0.15) is 0 Å². The second kappa shape index (κ2) is 7.93. The Morgan fingerprint density at radius 1 is 1.09 bits per heavy atom. The summed E-state index contributed by atoms with van der Waals surface area (Å²) in [5, 5.41) is 12.2. The summed E-state index contributed by atoms with van der Waals surface area (Å²) in [6.07, 6.45) is 0.925. The van der Waals surface area contributed by atoms with E-state index in [4.69, 9.17) is 9.47 Å². The quantitative estimate of drug-likeness (QED) is 0.771. The molecule has 5 nitrogen and oxygen atoms in total. The van der Waals surface area contributed by atoms with Crippen molar-refractivity contribution in [2.75, 3.05) is 18.5 Å². The fraction of sp³-hybridized carbons (Fsp3) is 0.235. The van der Waals surface area contributed by atoms with E-state index >= 15 is 0 Å². The van der Waals surface area contributed by atoms with Gasteiger partial charge in [-0.3, -0.25) is 4.79 Å². The number of nitrogens with one attached hydrogen (secondary N) is 1. The Balaban J connectivity index is 1.87. The first kappa shape index (κ1) is 15.7. The van der Waals surface area contributed by atoms with Gasteiger partial charge in [0.05, 0.1) is 12.3 Å². The van der Waals surface area contributed by atoms with Crippen LogP contribution in [-0.4, -0.2) is 24.2 Å². The van der Waals surface area contributed by atoms with Gasteiger partial charge in [0, 0.05) is 6.07 Å². The van der Waals surface area contributed by atoms with Crippen LogP contribution in [0, 0.1) is 0 Å². The fourth-order valence-electron chi connectivity index (χ4n) is 1.79. The highest BCUT2D eigenvalue weighted by Crippen LogP contribution is 2.22. The Labute approximate surface area is 129 Å². The zero-order valence-corrected chi connectivity index (χ0v) is 12.4. The van der Waals surface area contributed by atoms with E-state index in [1.165, 1.54) is 6.07 Å². The van der Waals surface area contributed by atoms with Crippen LogP contribution in [0.25, 0.3) is 0 Å². The van der Waals surface area contributed by atoms with Gasteiger partial charge in [-0.1, -0.05) is 25.1 Å². The lowest BCUT2D eigenvalue weighted by Gasteiger charge is -2.10. The molecule has 0 saturated carbocycles. The van der Waals surface area contributed by atoms with E-state index in [9.17, 15) is 9.90 Å². The Hall–Kier alpha value is -2.69. The molecule has 0 fully saturated rings. The third-order valence-corrected chi connectivity index (χ3v) is 2.83. The largest absolute Gasteiger partial charge is 0.506 e. The molecule has 0 bridgehead atoms. The SMILES string of the molecule is CCCOc1cccc(OCC(=O)Nc2ccccc2O)c1. The number of rotatable bonds is 7. The lowest BCUT2D eigenvalue weighted by atomic mass is 10.3. The van der Waals surface area contributed by atoms with Crippen molar-refractivity contribution in [2.45, 2.75) is 13.3 Å². The molecule has 0 spiro atoms. The van der Waals surface area contributed by atoms with Gasteiger partial charge in [-0.25, -0.2) is 0 Å². The summed E-state index contributed by atoms with van der Waals surface area (Å²) in [5.41, 5.74) is 0.358. The van der Waals surface area contributed by atoms with Crippen molar-refractivity contribution in [3.63, 3.8) is 0 Å². The number of hydrogen-bond acceptors (Lipinski definition) is 4. The van der Waals surface area contributed by atoms with Crippen molar-refractivity contribution in [3.05, 3.63) is 48.5 Å². The predicted octanol–water partition coefficient (Wildman–Crippen LogP) is 3.20. The van der Waals surface area contributed by atoms with Gasteiger partial charge in [0.15, 0.2) is 6.61 Å². The molecule has 0 radical (unpaired) electrons. The number of carbonyl (C=O) groups excluding carboxylic acids is 1. The van der Waals surface area contributed by atoms with E-state index in [1.54, 1.807) is 36.4 Å². The summed E-state index contributed by atoms with van der Waals surface area (Å²) in [4.78, 5) is 11.8. The number of phenolic OH excluding ortho intramolecular Hbond substituents is 1. The van der Waals surface area contributed by atoms with E-state index in [-0.39, 0.29) is 18.3 Å². The topological polar surface area (TPSA) is 67.8 Å². The molecule has 0 aliphatic carbocycles. The highest BCUT2D eigenvalue weighted by Gasteiger charge is 2.07. The van der Waals surface area contributed by atoms with Gasteiger partial charge in [-0.15, -0.1) is 0 Å². The van der Waals surface area contributed by atoms with Crippen molar-refractivity contribution in [1.29, 1.82) is 0 Å². The van der Waals surface area contributed by atoms with Crippen LogP contribution in [0.3, 0.4) is 0 Å². The first-order chi connectivity index (χ1) is 10.7. The molecule has 0 aliphatic rings. The highest BCUT2D eigenvalue weighted by atomic mass is 16.5. The van der Waals surface area contributed by atoms with Gasteiger partial charge in [0.25, 0.3) is 5.91 Å². The van der Waals surface area contributed by atoms with Crippen molar-refractivity contribution in [3.8, 4) is 17.2 Å². The maximum atomic E-state index is 11.8. The Morgan fingerprint density at radius 2 is 1.82 bits per heavy atom. The maximum Gasteiger partial charge on any atom is 0.262 e. The van der Waals surface area contributed by atoms with E-state index in [0.29, 0.717) is 23.8 Å². The summed E-state index contributed by atoms with van der Waals surface area (Å²) in [7, 11) is 0. The number of para-hydroxylation sites is 2. The smallest absolute Gasteiger partial charge is 0.262 e. The van der Waals surface area contributed by atoms with Crippen LogP contribution in [-0.2, 0) is 4.79 Å². The van der Waals surface area contributed by atoms with Crippen molar-refractivity contribution in [1.82, 2.24) is 0 Å². The minimum absolute atomic E-state index is 0.0193. The summed E-state index contributed by atoms with van der Waals surface area (Å²) >= 11 is 0. The van der Waals surface area contributed by atoms with E-state index < -0.39 is 0 Å². The molecular formula is C17H19NO4. The molecule has 0 aliphatic heterocycles. The van der Waals surface area contributed by atoms with Gasteiger partial charge < -0.3 is 19.9 Å². The first-order valence-electron chi connectivity index (χ1n) is 7.12. The van der Waals surface area contributed by atoms with E-state index in [0.717, 1.165) is 6.42 Å². The Morgan fingerprint density at radius 3 is 2.55 bits per heavy atom. The third kappa shape index (κ3) is 4.70. The maximum absolute atomic E-state index is 11.8. The number of phenols is 1. The average Bonchev–Trinajstić information content (AvgIpc) is 2.53. The number of benzene rings is 2. The second-order valence-corrected chi connectivity index (χ2v) is 4.68. The number of anilines is 1. The molecule has 0 heterocycles. The highest BCUT2D eigenvalue weighted by molar-refractivity contribution is 5.93. The zero-order valence-electron chi connectivity index (χ0n) is 12.4. The minimum atomic E-state index is -0.346. The molecule has 2 aromatic carbocycles. The zero-order chi connectivity index (χ0) is 15.8. The Bertz CT molecular complexity index is 628. The lowest BCUT2D eigenvalue weighted by Crippen LogP contribution is -2.20. The van der Waals surface area contributed by atoms with Crippen LogP contribution >= 0.6 is 0 Å². The molecule has 0 saturated heterocycles. The van der Waals surface area contributed by atoms with Crippen molar-refractivity contribution < 1.29 is 19.4 Å². The molecule has 0 unspecified atom stereocenters. The standard InChI is InChI=1S/C17H19NO4/c1-2-10-21-13-6-5-7-14(11-13)22-12-17(20)18-15-8-3-4-9-16(15)19/h3-9,11,19H,2,10,12H2,1H3,(H,18,20). The lowest BCUT2D eigenvalue weighted by molar-refractivity contribution is -0.118. The van der Waals surface area contributed by atoms with Crippen LogP contribution in [0.5, 0.6) is 17.2 Å². The monoisotopic (exact) mass is 301 g/mol. The van der Waals surface area contributed by atoms with Crippen LogP contribution < -0.4 is 14.8 Å². The van der Waals surface area contributed by atoms with Gasteiger partial charge in [0.1, 0.15) is 17.2 Å². The van der Waals surface area contributed by atoms with Crippen LogP contribution in [0.1, 0.15) is 13.3 Å². The minimum Gasteiger partial charge on any atom is -0.506 e. The van der Waals surface area contributed by atoms with Crippen molar-refractivity contribution in [2.24, 2.45) is 0 Å². The number of ether oxygens (including phenoxy) is 2. The summed E-state index contributed by atoms with van der Waals surface area (Å²) in [6, 6.07) is 13.7. The van der Waals surface area contributed by atoms with E-state index in [2.05, 4.69) is 5.32 Å². The summed E-state index contributed by atoms with van der Waals surface area (Å²) < 4.78 is 10.9. The molecule has 2 aromatic rings. The molecule has 0 atom stereocenters. The number of carbonyl (C=O) groups is 1. The van der Waals surface area contributed by atoms with Crippen LogP contribution in [0.15, 0.2) is 48.5 Å². The van der Waals surface area contributed by atoms with Gasteiger partial charge in [0.2, 0.25) is 0 Å². The van der Waals surface area contributed by atoms with Crippen LogP contribution in [0.2, 0.25) is 0 Å². The third-order valence-electron chi connectivity index (χ3n) is 2.83. The average molecular weight is 301 g/mol. The molecule has 22 heavy (non-hydrogen) atoms. The molecule has 2 N–H and O–H groups in total. The van der Waals surface area contributed by atoms with Gasteiger partial charge >= 0.3 is 0 Å². The number of amides is 1. The molecule has 116 valence electrons.